The molecule has 0 fully saturated rings. The molecular weight excluding hydrogens is 424 g/mol. The molecule has 1 aliphatic rings. The average molecular weight is 436 g/mol. The minimum atomic E-state index is -1.66. The topological polar surface area (TPSA) is 97.4 Å². The summed E-state index contributed by atoms with van der Waals surface area (Å²) in [6.45, 7) is 0. The Balaban J connectivity index is 2.29. The van der Waals surface area contributed by atoms with Crippen LogP contribution >= 0.6 is 27.5 Å². The van der Waals surface area contributed by atoms with Crippen LogP contribution in [0.25, 0.3) is 5.57 Å². The maximum atomic E-state index is 9.85. The fraction of sp³-hybridized carbons (Fsp3) is 0.0952. The molecular formula is C21H12BrClN4. The Morgan fingerprint density at radius 2 is 1.56 bits per heavy atom. The standard InChI is InChI=1S/C21H12BrClN4/c22-15-5-1-14(2-6-15)19-9-17(13-3-7-16(23)8-4-13)18(10-24)20(27)21(19,11-25)12-26/h1-9,19H,27H2. The van der Waals surface area contributed by atoms with Crippen molar-refractivity contribution in [2.24, 2.45) is 11.1 Å². The molecule has 6 heteroatoms. The van der Waals surface area contributed by atoms with E-state index in [1.807, 2.05) is 24.3 Å². The number of nitrogens with two attached hydrogens (primary N) is 1. The molecule has 2 N–H and O–H groups in total. The van der Waals surface area contributed by atoms with Crippen LogP contribution in [0, 0.1) is 39.4 Å². The van der Waals surface area contributed by atoms with Crippen molar-refractivity contribution < 1.29 is 0 Å². The van der Waals surface area contributed by atoms with E-state index >= 15 is 0 Å². The van der Waals surface area contributed by atoms with Crippen molar-refractivity contribution in [2.75, 3.05) is 0 Å². The third-order valence-electron chi connectivity index (χ3n) is 4.61. The Bertz CT molecular complexity index is 1060. The highest BCUT2D eigenvalue weighted by Crippen LogP contribution is 2.49. The van der Waals surface area contributed by atoms with Crippen molar-refractivity contribution in [3.63, 3.8) is 0 Å². The van der Waals surface area contributed by atoms with E-state index in [0.29, 0.717) is 10.6 Å². The second kappa shape index (κ2) is 7.29. The average Bonchev–Trinajstić information content (AvgIpc) is 2.69. The number of nitrogens with zero attached hydrogens (tertiary/aromatic N) is 3. The van der Waals surface area contributed by atoms with Crippen LogP contribution in [0.15, 0.2) is 70.3 Å². The highest BCUT2D eigenvalue weighted by Gasteiger charge is 2.47. The largest absolute Gasteiger partial charge is 0.399 e. The summed E-state index contributed by atoms with van der Waals surface area (Å²) < 4.78 is 0.879. The molecule has 0 aromatic heterocycles. The lowest BCUT2D eigenvalue weighted by molar-refractivity contribution is 0.534. The lowest BCUT2D eigenvalue weighted by atomic mass is 9.66. The van der Waals surface area contributed by atoms with Gasteiger partial charge in [-0.3, -0.25) is 0 Å². The Morgan fingerprint density at radius 3 is 2.07 bits per heavy atom. The van der Waals surface area contributed by atoms with E-state index in [2.05, 4.69) is 34.1 Å². The Labute approximate surface area is 170 Å². The Morgan fingerprint density at radius 1 is 0.963 bits per heavy atom. The molecule has 1 aliphatic carbocycles. The van der Waals surface area contributed by atoms with E-state index < -0.39 is 11.3 Å². The number of hydrogen-bond donors (Lipinski definition) is 1. The molecule has 2 aromatic carbocycles. The van der Waals surface area contributed by atoms with Crippen molar-refractivity contribution in [1.82, 2.24) is 0 Å². The molecule has 2 aromatic rings. The van der Waals surface area contributed by atoms with Crippen LogP contribution < -0.4 is 5.73 Å². The number of benzene rings is 2. The van der Waals surface area contributed by atoms with Crippen molar-refractivity contribution in [1.29, 1.82) is 15.8 Å². The van der Waals surface area contributed by atoms with Gasteiger partial charge in [0.1, 0.15) is 6.07 Å². The first kappa shape index (κ1) is 18.7. The zero-order chi connectivity index (χ0) is 19.6. The van der Waals surface area contributed by atoms with Crippen molar-refractivity contribution in [3.05, 3.63) is 86.5 Å². The van der Waals surface area contributed by atoms with Crippen molar-refractivity contribution >= 4 is 33.1 Å². The van der Waals surface area contributed by atoms with Gasteiger partial charge in [-0.05, 0) is 41.0 Å². The SMILES string of the molecule is N#CC1=C(N)C(C#N)(C#N)C(c2ccc(Br)cc2)C=C1c1ccc(Cl)cc1. The summed E-state index contributed by atoms with van der Waals surface area (Å²) in [5.41, 5.74) is 6.77. The van der Waals surface area contributed by atoms with Crippen LogP contribution in [0.2, 0.25) is 5.02 Å². The molecule has 0 heterocycles. The van der Waals surface area contributed by atoms with Crippen molar-refractivity contribution in [3.8, 4) is 18.2 Å². The first-order chi connectivity index (χ1) is 13.0. The minimum absolute atomic E-state index is 0.0321. The molecule has 4 nitrogen and oxygen atoms in total. The summed E-state index contributed by atoms with van der Waals surface area (Å²) in [6.07, 6.45) is 1.77. The van der Waals surface area contributed by atoms with Gasteiger partial charge in [0.05, 0.1) is 23.4 Å². The smallest absolute Gasteiger partial charge is 0.194 e. The van der Waals surface area contributed by atoms with Crippen LogP contribution in [0.1, 0.15) is 17.0 Å². The summed E-state index contributed by atoms with van der Waals surface area (Å²) in [5.74, 6) is -0.622. The lowest BCUT2D eigenvalue weighted by Gasteiger charge is -2.33. The van der Waals surface area contributed by atoms with Gasteiger partial charge in [0, 0.05) is 15.4 Å². The number of hydrogen-bond acceptors (Lipinski definition) is 4. The second-order valence-corrected chi connectivity index (χ2v) is 7.40. The van der Waals surface area contributed by atoms with Crippen LogP contribution in [0.4, 0.5) is 0 Å². The molecule has 0 saturated heterocycles. The molecule has 1 unspecified atom stereocenters. The third-order valence-corrected chi connectivity index (χ3v) is 5.39. The molecule has 0 spiro atoms. The number of rotatable bonds is 2. The maximum absolute atomic E-state index is 9.85. The first-order valence-corrected chi connectivity index (χ1v) is 9.10. The highest BCUT2D eigenvalue weighted by molar-refractivity contribution is 9.10. The Kier molecular flexibility index (Phi) is 5.06. The maximum Gasteiger partial charge on any atom is 0.194 e. The minimum Gasteiger partial charge on any atom is -0.399 e. The van der Waals surface area contributed by atoms with Gasteiger partial charge >= 0.3 is 0 Å². The van der Waals surface area contributed by atoms with Crippen LogP contribution in [-0.4, -0.2) is 0 Å². The molecule has 0 aliphatic heterocycles. The van der Waals surface area contributed by atoms with Crippen LogP contribution in [-0.2, 0) is 0 Å². The normalized spacial score (nSPS) is 18.0. The van der Waals surface area contributed by atoms with E-state index in [-0.39, 0.29) is 11.3 Å². The highest BCUT2D eigenvalue weighted by atomic mass is 79.9. The van der Waals surface area contributed by atoms with Crippen LogP contribution in [0.5, 0.6) is 0 Å². The summed E-state index contributed by atoms with van der Waals surface area (Å²) in [6, 6.07) is 20.5. The van der Waals surface area contributed by atoms with Gasteiger partial charge in [-0.25, -0.2) is 0 Å². The predicted molar refractivity (Wildman–Crippen MR) is 107 cm³/mol. The lowest BCUT2D eigenvalue weighted by Crippen LogP contribution is -2.35. The van der Waals surface area contributed by atoms with E-state index in [1.54, 1.807) is 30.3 Å². The van der Waals surface area contributed by atoms with Gasteiger partial charge in [-0.2, -0.15) is 15.8 Å². The Hall–Kier alpha value is -3.04. The van der Waals surface area contributed by atoms with E-state index in [0.717, 1.165) is 15.6 Å². The summed E-state index contributed by atoms with van der Waals surface area (Å²) in [5, 5.41) is 30.0. The zero-order valence-corrected chi connectivity index (χ0v) is 16.3. The monoisotopic (exact) mass is 434 g/mol. The molecule has 3 rings (SSSR count). The molecule has 1 atom stereocenters. The molecule has 0 radical (unpaired) electrons. The van der Waals surface area contributed by atoms with Gasteiger partial charge in [-0.1, -0.05) is 57.9 Å². The molecule has 0 saturated carbocycles. The van der Waals surface area contributed by atoms with Gasteiger partial charge in [0.2, 0.25) is 0 Å². The van der Waals surface area contributed by atoms with Gasteiger partial charge < -0.3 is 5.73 Å². The van der Waals surface area contributed by atoms with E-state index in [9.17, 15) is 15.8 Å². The first-order valence-electron chi connectivity index (χ1n) is 7.93. The fourth-order valence-electron chi connectivity index (χ4n) is 3.18. The number of nitriles is 3. The molecule has 130 valence electrons. The zero-order valence-electron chi connectivity index (χ0n) is 13.9. The van der Waals surface area contributed by atoms with Crippen molar-refractivity contribution in [2.45, 2.75) is 5.92 Å². The number of halogens is 2. The summed E-state index contributed by atoms with van der Waals surface area (Å²) in [4.78, 5) is 0. The van der Waals surface area contributed by atoms with Crippen LogP contribution in [0.3, 0.4) is 0 Å². The van der Waals surface area contributed by atoms with Gasteiger partial charge in [0.25, 0.3) is 0 Å². The molecule has 27 heavy (non-hydrogen) atoms. The van der Waals surface area contributed by atoms with E-state index in [1.165, 1.54) is 0 Å². The predicted octanol–water partition coefficient (Wildman–Crippen LogP) is 5.05. The quantitative estimate of drug-likeness (QED) is 0.713. The van der Waals surface area contributed by atoms with Gasteiger partial charge in [0.15, 0.2) is 5.41 Å². The number of allylic oxidation sites excluding steroid dienone is 4. The summed E-state index contributed by atoms with van der Waals surface area (Å²) >= 11 is 9.35. The summed E-state index contributed by atoms with van der Waals surface area (Å²) in [7, 11) is 0. The third kappa shape index (κ3) is 3.11. The fourth-order valence-corrected chi connectivity index (χ4v) is 3.57. The molecule has 0 amide bonds. The van der Waals surface area contributed by atoms with E-state index in [4.69, 9.17) is 17.3 Å². The van der Waals surface area contributed by atoms with Gasteiger partial charge in [-0.15, -0.1) is 0 Å². The molecule has 0 bridgehead atoms. The second-order valence-electron chi connectivity index (χ2n) is 6.05.